The van der Waals surface area contributed by atoms with Crippen LogP contribution in [0.15, 0.2) is 0 Å². The summed E-state index contributed by atoms with van der Waals surface area (Å²) in [5.41, 5.74) is 7.41. The lowest BCUT2D eigenvalue weighted by atomic mass is 9.90. The van der Waals surface area contributed by atoms with Gasteiger partial charge in [-0.15, -0.1) is 0 Å². The summed E-state index contributed by atoms with van der Waals surface area (Å²) in [6.07, 6.45) is 1.05. The third-order valence-electron chi connectivity index (χ3n) is 3.10. The van der Waals surface area contributed by atoms with Crippen molar-refractivity contribution in [1.82, 2.24) is 4.37 Å². The monoisotopic (exact) mass is 198 g/mol. The van der Waals surface area contributed by atoms with Crippen LogP contribution >= 0.6 is 11.5 Å². The summed E-state index contributed by atoms with van der Waals surface area (Å²) in [6, 6.07) is 0. The van der Waals surface area contributed by atoms with Gasteiger partial charge in [0.2, 0.25) is 0 Å². The van der Waals surface area contributed by atoms with Crippen molar-refractivity contribution in [2.24, 2.45) is 0 Å². The van der Waals surface area contributed by atoms with Gasteiger partial charge in [0.25, 0.3) is 0 Å². The highest BCUT2D eigenvalue weighted by Gasteiger charge is 2.36. The van der Waals surface area contributed by atoms with Crippen molar-refractivity contribution in [2.75, 3.05) is 12.8 Å². The van der Waals surface area contributed by atoms with Crippen molar-refractivity contribution >= 4 is 17.4 Å². The molecule has 2 rings (SSSR count). The van der Waals surface area contributed by atoms with Crippen LogP contribution in [0.5, 0.6) is 0 Å². The normalized spacial score (nSPS) is 25.6. The number of quaternary nitrogens is 1. The predicted octanol–water partition coefficient (Wildman–Crippen LogP) is 0.0747. The third-order valence-corrected chi connectivity index (χ3v) is 4.00. The van der Waals surface area contributed by atoms with Crippen molar-refractivity contribution in [1.29, 1.82) is 0 Å². The van der Waals surface area contributed by atoms with Gasteiger partial charge in [0, 0.05) is 12.0 Å². The number of nitrogens with two attached hydrogens (primary N) is 1. The number of fused-ring (bicyclic) bond motifs is 1. The second-order valence-electron chi connectivity index (χ2n) is 4.49. The van der Waals surface area contributed by atoms with Crippen LogP contribution in [0.2, 0.25) is 0 Å². The van der Waals surface area contributed by atoms with Crippen molar-refractivity contribution in [2.45, 2.75) is 32.4 Å². The molecule has 0 saturated carbocycles. The van der Waals surface area contributed by atoms with Gasteiger partial charge in [-0.05, 0) is 25.4 Å². The molecule has 0 amide bonds. The summed E-state index contributed by atoms with van der Waals surface area (Å²) in [4.78, 5) is 2.91. The maximum atomic E-state index is 5.82. The van der Waals surface area contributed by atoms with Gasteiger partial charge in [0.15, 0.2) is 0 Å². The minimum atomic E-state index is 0.296. The van der Waals surface area contributed by atoms with Gasteiger partial charge in [0.05, 0.1) is 17.5 Å². The number of nitrogens with zero attached hydrogens (tertiary/aromatic N) is 1. The number of likely N-dealkylation sites (N-methyl/N-ethyl adjacent to an activating group) is 1. The molecule has 0 aromatic carbocycles. The fourth-order valence-corrected chi connectivity index (χ4v) is 2.65. The highest BCUT2D eigenvalue weighted by molar-refractivity contribution is 7.06. The molecule has 3 nitrogen and oxygen atoms in total. The zero-order chi connectivity index (χ0) is 9.64. The second-order valence-corrected chi connectivity index (χ2v) is 5.35. The quantitative estimate of drug-likeness (QED) is 0.620. The van der Waals surface area contributed by atoms with E-state index in [-0.39, 0.29) is 0 Å². The van der Waals surface area contributed by atoms with Gasteiger partial charge in [-0.25, -0.2) is 0 Å². The lowest BCUT2D eigenvalue weighted by Crippen LogP contribution is -3.16. The number of hydrogen-bond donors (Lipinski definition) is 2. The molecular weight excluding hydrogens is 182 g/mol. The average molecular weight is 198 g/mol. The van der Waals surface area contributed by atoms with E-state index < -0.39 is 0 Å². The van der Waals surface area contributed by atoms with Crippen LogP contribution < -0.4 is 10.6 Å². The van der Waals surface area contributed by atoms with Crippen molar-refractivity contribution in [3.8, 4) is 0 Å². The van der Waals surface area contributed by atoms with Crippen molar-refractivity contribution in [3.05, 3.63) is 10.4 Å². The molecule has 0 fully saturated rings. The Morgan fingerprint density at radius 3 is 2.92 bits per heavy atom. The Hall–Kier alpha value is -0.610. The third kappa shape index (κ3) is 1.34. The summed E-state index contributed by atoms with van der Waals surface area (Å²) < 4.78 is 4.20. The zero-order valence-corrected chi connectivity index (χ0v) is 9.16. The van der Waals surface area contributed by atoms with E-state index in [1.165, 1.54) is 10.4 Å². The molecule has 1 aromatic rings. The smallest absolute Gasteiger partial charge is 0.141 e. The minimum absolute atomic E-state index is 0.296. The molecule has 0 bridgehead atoms. The number of hydrogen-bond acceptors (Lipinski definition) is 3. The standard InChI is InChI=1S/C9H15N3S/c1-9(2)4-6-7(5-12(9)3)13-11-8(6)10/h4-5H2,1-3H3,(H2,10,11)/p+1. The maximum Gasteiger partial charge on any atom is 0.141 e. The molecule has 2 heterocycles. The second kappa shape index (κ2) is 2.69. The van der Waals surface area contributed by atoms with Gasteiger partial charge < -0.3 is 10.6 Å². The molecule has 1 atom stereocenters. The summed E-state index contributed by atoms with van der Waals surface area (Å²) in [5, 5.41) is 0. The van der Waals surface area contributed by atoms with Crippen LogP contribution in [0.1, 0.15) is 24.3 Å². The first-order valence-electron chi connectivity index (χ1n) is 4.56. The molecule has 0 saturated heterocycles. The Kier molecular flexibility index (Phi) is 1.85. The molecule has 72 valence electrons. The lowest BCUT2D eigenvalue weighted by molar-refractivity contribution is -0.945. The summed E-state index contributed by atoms with van der Waals surface area (Å²) in [6.45, 7) is 5.63. The molecule has 1 aromatic heterocycles. The molecule has 13 heavy (non-hydrogen) atoms. The van der Waals surface area contributed by atoms with Crippen LogP contribution in [0.4, 0.5) is 5.82 Å². The number of nitrogens with one attached hydrogen (secondary N) is 1. The lowest BCUT2D eigenvalue weighted by Gasteiger charge is -2.35. The van der Waals surface area contributed by atoms with Crippen LogP contribution in [0, 0.1) is 0 Å². The Balaban J connectivity index is 2.41. The predicted molar refractivity (Wildman–Crippen MR) is 54.9 cm³/mol. The average Bonchev–Trinajstić information content (AvgIpc) is 2.34. The SMILES string of the molecule is C[NH+]1Cc2snc(N)c2CC1(C)C. The van der Waals surface area contributed by atoms with Crippen LogP contribution in [0.3, 0.4) is 0 Å². The van der Waals surface area contributed by atoms with Gasteiger partial charge in [-0.3, -0.25) is 0 Å². The Bertz CT molecular complexity index is 330. The van der Waals surface area contributed by atoms with E-state index in [0.717, 1.165) is 18.8 Å². The Labute approximate surface area is 82.7 Å². The molecular formula is C9H16N3S+. The Morgan fingerprint density at radius 1 is 1.54 bits per heavy atom. The molecule has 4 heteroatoms. The molecule has 1 unspecified atom stereocenters. The number of nitrogen functional groups attached to an aromatic ring is 1. The number of rotatable bonds is 0. The summed E-state index contributed by atoms with van der Waals surface area (Å²) in [7, 11) is 2.23. The fourth-order valence-electron chi connectivity index (χ4n) is 1.76. The highest BCUT2D eigenvalue weighted by Crippen LogP contribution is 2.27. The van der Waals surface area contributed by atoms with Crippen LogP contribution in [-0.4, -0.2) is 17.0 Å². The first-order chi connectivity index (χ1) is 6.00. The van der Waals surface area contributed by atoms with Gasteiger partial charge in [-0.1, -0.05) is 0 Å². The zero-order valence-electron chi connectivity index (χ0n) is 8.35. The van der Waals surface area contributed by atoms with Crippen molar-refractivity contribution < 1.29 is 4.90 Å². The van der Waals surface area contributed by atoms with Gasteiger partial charge >= 0.3 is 0 Å². The molecule has 0 aliphatic carbocycles. The molecule has 3 N–H and O–H groups in total. The maximum absolute atomic E-state index is 5.82. The molecule has 0 radical (unpaired) electrons. The van der Waals surface area contributed by atoms with E-state index in [2.05, 4.69) is 25.3 Å². The van der Waals surface area contributed by atoms with E-state index in [4.69, 9.17) is 5.73 Å². The van der Waals surface area contributed by atoms with E-state index in [9.17, 15) is 0 Å². The highest BCUT2D eigenvalue weighted by atomic mass is 32.1. The van der Waals surface area contributed by atoms with Gasteiger partial charge in [0.1, 0.15) is 12.4 Å². The van der Waals surface area contributed by atoms with E-state index in [0.29, 0.717) is 5.54 Å². The van der Waals surface area contributed by atoms with E-state index in [1.807, 2.05) is 0 Å². The van der Waals surface area contributed by atoms with E-state index in [1.54, 1.807) is 16.4 Å². The van der Waals surface area contributed by atoms with Crippen LogP contribution in [-0.2, 0) is 13.0 Å². The summed E-state index contributed by atoms with van der Waals surface area (Å²) >= 11 is 1.56. The fraction of sp³-hybridized carbons (Fsp3) is 0.667. The van der Waals surface area contributed by atoms with Crippen molar-refractivity contribution in [3.63, 3.8) is 0 Å². The largest absolute Gasteiger partial charge is 0.383 e. The topological polar surface area (TPSA) is 43.4 Å². The number of anilines is 1. The summed E-state index contributed by atoms with van der Waals surface area (Å²) in [5.74, 6) is 0.751. The molecule has 1 aliphatic heterocycles. The molecule has 1 aliphatic rings. The molecule has 0 spiro atoms. The van der Waals surface area contributed by atoms with Gasteiger partial charge in [-0.2, -0.15) is 4.37 Å². The van der Waals surface area contributed by atoms with E-state index >= 15 is 0 Å². The van der Waals surface area contributed by atoms with Crippen LogP contribution in [0.25, 0.3) is 0 Å². The Morgan fingerprint density at radius 2 is 2.23 bits per heavy atom. The first-order valence-corrected chi connectivity index (χ1v) is 5.34. The first kappa shape index (κ1) is 8.97. The number of aromatic nitrogens is 1. The minimum Gasteiger partial charge on any atom is -0.383 e.